The number of anilines is 3. The van der Waals surface area contributed by atoms with Gasteiger partial charge in [-0.1, -0.05) is 32.9 Å². The molecule has 2 amide bonds. The Balaban J connectivity index is 1.77. The van der Waals surface area contributed by atoms with Crippen LogP contribution in [-0.2, 0) is 10.2 Å². The fourth-order valence-electron chi connectivity index (χ4n) is 3.05. The minimum absolute atomic E-state index is 0.0530. The molecule has 31 heavy (non-hydrogen) atoms. The lowest BCUT2D eigenvalue weighted by Crippen LogP contribution is -2.27. The van der Waals surface area contributed by atoms with E-state index in [4.69, 9.17) is 4.74 Å². The van der Waals surface area contributed by atoms with E-state index in [-0.39, 0.29) is 17.9 Å². The number of aromatic nitrogens is 1. The van der Waals surface area contributed by atoms with Crippen molar-refractivity contribution in [1.29, 1.82) is 0 Å². The molecule has 0 saturated carbocycles. The number of nitrogens with zero attached hydrogens (tertiary/aromatic N) is 2. The largest absolute Gasteiger partial charge is 0.449 e. The highest BCUT2D eigenvalue weighted by atomic mass is 16.6. The van der Waals surface area contributed by atoms with E-state index in [2.05, 4.69) is 31.1 Å². The van der Waals surface area contributed by atoms with Gasteiger partial charge in [0.25, 0.3) is 5.91 Å². The van der Waals surface area contributed by atoms with Crippen LogP contribution in [0, 0.1) is 0 Å². The first-order valence-corrected chi connectivity index (χ1v) is 10.2. The highest BCUT2D eigenvalue weighted by molar-refractivity contribution is 6.05. The smallest absolute Gasteiger partial charge is 0.418 e. The number of hydrogen-bond donors (Lipinski definition) is 1. The number of nitrogens with one attached hydrogen (secondary N) is 1. The van der Waals surface area contributed by atoms with Gasteiger partial charge in [-0.25, -0.2) is 9.69 Å². The van der Waals surface area contributed by atoms with Crippen molar-refractivity contribution in [1.82, 2.24) is 4.98 Å². The van der Waals surface area contributed by atoms with Crippen molar-refractivity contribution in [3.8, 4) is 0 Å². The van der Waals surface area contributed by atoms with Gasteiger partial charge in [0.1, 0.15) is 0 Å². The van der Waals surface area contributed by atoms with Crippen LogP contribution in [0.2, 0.25) is 0 Å². The standard InChI is InChI=1S/C25H27N3O3/c1-5-31-24(30)28(22-7-6-16-26-17-22)21-14-8-18(9-15-21)23(29)27-20-12-10-19(11-13-20)25(2,3)4/h6-17H,5H2,1-4H3,(H,27,29). The normalized spacial score (nSPS) is 11.0. The van der Waals surface area contributed by atoms with Crippen LogP contribution in [0.15, 0.2) is 73.1 Å². The molecule has 0 saturated heterocycles. The molecule has 0 aliphatic carbocycles. The molecule has 0 unspecified atom stereocenters. The van der Waals surface area contributed by atoms with Crippen LogP contribution < -0.4 is 10.2 Å². The lowest BCUT2D eigenvalue weighted by Gasteiger charge is -2.22. The number of rotatable bonds is 5. The van der Waals surface area contributed by atoms with E-state index >= 15 is 0 Å². The molecule has 6 nitrogen and oxygen atoms in total. The maximum absolute atomic E-state index is 12.7. The van der Waals surface area contributed by atoms with E-state index < -0.39 is 6.09 Å². The molecule has 0 atom stereocenters. The molecule has 1 heterocycles. The highest BCUT2D eigenvalue weighted by Gasteiger charge is 2.20. The van der Waals surface area contributed by atoms with Crippen molar-refractivity contribution in [3.05, 3.63) is 84.2 Å². The molecule has 3 rings (SSSR count). The van der Waals surface area contributed by atoms with Crippen molar-refractivity contribution in [2.75, 3.05) is 16.8 Å². The summed E-state index contributed by atoms with van der Waals surface area (Å²) in [5, 5.41) is 2.91. The van der Waals surface area contributed by atoms with Crippen LogP contribution >= 0.6 is 0 Å². The number of carbonyl (C=O) groups excluding carboxylic acids is 2. The molecule has 0 spiro atoms. The van der Waals surface area contributed by atoms with Gasteiger partial charge in [0.15, 0.2) is 0 Å². The third kappa shape index (κ3) is 5.48. The molecule has 0 aliphatic rings. The summed E-state index contributed by atoms with van der Waals surface area (Å²) < 4.78 is 5.18. The Morgan fingerprint density at radius 3 is 2.19 bits per heavy atom. The van der Waals surface area contributed by atoms with Gasteiger partial charge < -0.3 is 10.1 Å². The zero-order valence-corrected chi connectivity index (χ0v) is 18.3. The second-order valence-electron chi connectivity index (χ2n) is 8.07. The van der Waals surface area contributed by atoms with Crippen molar-refractivity contribution in [3.63, 3.8) is 0 Å². The van der Waals surface area contributed by atoms with Crippen molar-refractivity contribution < 1.29 is 14.3 Å². The fraction of sp³-hybridized carbons (Fsp3) is 0.240. The minimum Gasteiger partial charge on any atom is -0.449 e. The predicted octanol–water partition coefficient (Wildman–Crippen LogP) is 5.93. The van der Waals surface area contributed by atoms with Gasteiger partial charge in [0.05, 0.1) is 24.2 Å². The Labute approximate surface area is 182 Å². The van der Waals surface area contributed by atoms with Crippen LogP contribution in [0.1, 0.15) is 43.6 Å². The Morgan fingerprint density at radius 1 is 0.968 bits per heavy atom. The topological polar surface area (TPSA) is 71.5 Å². The number of carbonyl (C=O) groups is 2. The molecule has 0 fully saturated rings. The molecule has 2 aromatic carbocycles. The van der Waals surface area contributed by atoms with Crippen LogP contribution in [-0.4, -0.2) is 23.6 Å². The predicted molar refractivity (Wildman–Crippen MR) is 123 cm³/mol. The maximum atomic E-state index is 12.7. The third-order valence-electron chi connectivity index (χ3n) is 4.75. The first-order chi connectivity index (χ1) is 14.8. The maximum Gasteiger partial charge on any atom is 0.418 e. The fourth-order valence-corrected chi connectivity index (χ4v) is 3.05. The van der Waals surface area contributed by atoms with Gasteiger partial charge in [-0.15, -0.1) is 0 Å². The van der Waals surface area contributed by atoms with Gasteiger partial charge in [-0.2, -0.15) is 0 Å². The summed E-state index contributed by atoms with van der Waals surface area (Å²) in [5.41, 5.74) is 3.63. The monoisotopic (exact) mass is 417 g/mol. The average Bonchev–Trinajstić information content (AvgIpc) is 2.75. The summed E-state index contributed by atoms with van der Waals surface area (Å²) in [6.45, 7) is 8.44. The number of hydrogen-bond acceptors (Lipinski definition) is 4. The number of pyridine rings is 1. The molecule has 3 aromatic rings. The lowest BCUT2D eigenvalue weighted by atomic mass is 9.87. The third-order valence-corrected chi connectivity index (χ3v) is 4.75. The number of ether oxygens (including phenoxy) is 1. The van der Waals surface area contributed by atoms with Crippen molar-refractivity contribution in [2.45, 2.75) is 33.1 Å². The Hall–Kier alpha value is -3.67. The molecule has 160 valence electrons. The summed E-state index contributed by atoms with van der Waals surface area (Å²) in [6.07, 6.45) is 2.71. The van der Waals surface area contributed by atoms with E-state index in [9.17, 15) is 9.59 Å². The molecule has 1 aromatic heterocycles. The molecular formula is C25H27N3O3. The van der Waals surface area contributed by atoms with Gasteiger partial charge in [0, 0.05) is 17.4 Å². The van der Waals surface area contributed by atoms with Gasteiger partial charge in [0.2, 0.25) is 0 Å². The molecular weight excluding hydrogens is 390 g/mol. The summed E-state index contributed by atoms with van der Waals surface area (Å²) in [5.74, 6) is -0.223. The first-order valence-electron chi connectivity index (χ1n) is 10.2. The van der Waals surface area contributed by atoms with E-state index in [1.54, 1.807) is 55.7 Å². The second-order valence-corrected chi connectivity index (χ2v) is 8.07. The molecule has 1 N–H and O–H groups in total. The van der Waals surface area contributed by atoms with E-state index in [1.807, 2.05) is 24.3 Å². The van der Waals surface area contributed by atoms with Gasteiger partial charge in [-0.05, 0) is 66.4 Å². The van der Waals surface area contributed by atoms with Gasteiger partial charge in [-0.3, -0.25) is 9.78 Å². The average molecular weight is 418 g/mol. The Bertz CT molecular complexity index is 1020. The van der Waals surface area contributed by atoms with Crippen molar-refractivity contribution >= 4 is 29.1 Å². The minimum atomic E-state index is -0.508. The van der Waals surface area contributed by atoms with Crippen LogP contribution in [0.3, 0.4) is 0 Å². The molecule has 0 aliphatic heterocycles. The quantitative estimate of drug-likeness (QED) is 0.559. The second kappa shape index (κ2) is 9.43. The molecule has 0 radical (unpaired) electrons. The summed E-state index contributed by atoms with van der Waals surface area (Å²) >= 11 is 0. The zero-order chi connectivity index (χ0) is 22.4. The Morgan fingerprint density at radius 2 is 1.65 bits per heavy atom. The zero-order valence-electron chi connectivity index (χ0n) is 18.3. The highest BCUT2D eigenvalue weighted by Crippen LogP contribution is 2.27. The SMILES string of the molecule is CCOC(=O)N(c1ccc(C(=O)Nc2ccc(C(C)(C)C)cc2)cc1)c1cccnc1. The summed E-state index contributed by atoms with van der Waals surface area (Å²) in [4.78, 5) is 30.6. The van der Waals surface area contributed by atoms with Crippen molar-refractivity contribution in [2.24, 2.45) is 0 Å². The van der Waals surface area contributed by atoms with Crippen LogP contribution in [0.5, 0.6) is 0 Å². The van der Waals surface area contributed by atoms with Crippen LogP contribution in [0.25, 0.3) is 0 Å². The van der Waals surface area contributed by atoms with E-state index in [1.165, 1.54) is 10.5 Å². The van der Waals surface area contributed by atoms with E-state index in [0.29, 0.717) is 16.9 Å². The first kappa shape index (κ1) is 22.0. The Kier molecular flexibility index (Phi) is 6.70. The van der Waals surface area contributed by atoms with Crippen LogP contribution in [0.4, 0.5) is 21.9 Å². The molecule has 6 heteroatoms. The number of benzene rings is 2. The summed E-state index contributed by atoms with van der Waals surface area (Å²) in [7, 11) is 0. The van der Waals surface area contributed by atoms with E-state index in [0.717, 1.165) is 5.69 Å². The summed E-state index contributed by atoms with van der Waals surface area (Å²) in [6, 6.07) is 18.1. The van der Waals surface area contributed by atoms with Gasteiger partial charge >= 0.3 is 6.09 Å². The molecule has 0 bridgehead atoms. The number of amides is 2. The lowest BCUT2D eigenvalue weighted by molar-refractivity contribution is 0.102.